The highest BCUT2D eigenvalue weighted by atomic mass is 35.5. The van der Waals surface area contributed by atoms with Crippen molar-refractivity contribution in [1.82, 2.24) is 9.80 Å². The molecule has 28 heavy (non-hydrogen) atoms. The Morgan fingerprint density at radius 3 is 2.39 bits per heavy atom. The SMILES string of the molecule is COc1cc(CC(=O)N2CCN(C(=O)c3cccc(Cl)c3Cl)CC2)ccc1C. The van der Waals surface area contributed by atoms with Crippen LogP contribution in [0.5, 0.6) is 5.75 Å². The Balaban J connectivity index is 1.59. The first-order chi connectivity index (χ1) is 13.4. The second-order valence-electron chi connectivity index (χ2n) is 6.76. The van der Waals surface area contributed by atoms with Gasteiger partial charge in [-0.25, -0.2) is 0 Å². The minimum absolute atomic E-state index is 0.0405. The number of aryl methyl sites for hydroxylation is 1. The number of methoxy groups -OCH3 is 1. The molecule has 3 rings (SSSR count). The van der Waals surface area contributed by atoms with E-state index in [9.17, 15) is 9.59 Å². The molecule has 0 aliphatic carbocycles. The average molecular weight is 421 g/mol. The van der Waals surface area contributed by atoms with Crippen LogP contribution in [0.25, 0.3) is 0 Å². The first-order valence-electron chi connectivity index (χ1n) is 9.05. The van der Waals surface area contributed by atoms with E-state index in [1.807, 2.05) is 25.1 Å². The summed E-state index contributed by atoms with van der Waals surface area (Å²) >= 11 is 12.2. The molecule has 148 valence electrons. The number of rotatable bonds is 4. The molecule has 1 aliphatic rings. The van der Waals surface area contributed by atoms with E-state index in [-0.39, 0.29) is 16.8 Å². The molecular weight excluding hydrogens is 399 g/mol. The van der Waals surface area contributed by atoms with Crippen molar-refractivity contribution in [3.05, 3.63) is 63.1 Å². The molecule has 1 fully saturated rings. The van der Waals surface area contributed by atoms with E-state index in [0.717, 1.165) is 16.9 Å². The maximum Gasteiger partial charge on any atom is 0.255 e. The van der Waals surface area contributed by atoms with Crippen LogP contribution in [-0.2, 0) is 11.2 Å². The third-order valence-electron chi connectivity index (χ3n) is 4.93. The highest BCUT2D eigenvalue weighted by Crippen LogP contribution is 2.27. The smallest absolute Gasteiger partial charge is 0.255 e. The lowest BCUT2D eigenvalue weighted by Crippen LogP contribution is -2.51. The zero-order chi connectivity index (χ0) is 20.3. The zero-order valence-corrected chi connectivity index (χ0v) is 17.4. The van der Waals surface area contributed by atoms with Crippen LogP contribution in [0, 0.1) is 6.92 Å². The van der Waals surface area contributed by atoms with Crippen molar-refractivity contribution in [3.63, 3.8) is 0 Å². The minimum Gasteiger partial charge on any atom is -0.496 e. The fourth-order valence-corrected chi connectivity index (χ4v) is 3.64. The van der Waals surface area contributed by atoms with Gasteiger partial charge in [0.2, 0.25) is 5.91 Å². The summed E-state index contributed by atoms with van der Waals surface area (Å²) in [6.45, 7) is 3.87. The summed E-state index contributed by atoms with van der Waals surface area (Å²) in [5.41, 5.74) is 2.34. The summed E-state index contributed by atoms with van der Waals surface area (Å²) in [6.07, 6.45) is 0.310. The molecule has 0 spiro atoms. The lowest BCUT2D eigenvalue weighted by atomic mass is 10.1. The van der Waals surface area contributed by atoms with Crippen molar-refractivity contribution in [1.29, 1.82) is 0 Å². The Hall–Kier alpha value is -2.24. The summed E-state index contributed by atoms with van der Waals surface area (Å²) in [5, 5.41) is 0.621. The van der Waals surface area contributed by atoms with Gasteiger partial charge in [-0.15, -0.1) is 0 Å². The number of amides is 2. The third-order valence-corrected chi connectivity index (χ3v) is 5.75. The van der Waals surface area contributed by atoms with Gasteiger partial charge in [-0.3, -0.25) is 9.59 Å². The van der Waals surface area contributed by atoms with Gasteiger partial charge < -0.3 is 14.5 Å². The summed E-state index contributed by atoms with van der Waals surface area (Å²) in [4.78, 5) is 28.8. The normalized spacial score (nSPS) is 14.1. The van der Waals surface area contributed by atoms with Crippen LogP contribution in [0.1, 0.15) is 21.5 Å². The third kappa shape index (κ3) is 4.42. The standard InChI is InChI=1S/C21H22Cl2N2O3/c1-14-6-7-15(12-18(14)28-2)13-19(26)24-8-10-25(11-9-24)21(27)16-4-3-5-17(22)20(16)23/h3-7,12H,8-11,13H2,1-2H3. The van der Waals surface area contributed by atoms with E-state index in [1.54, 1.807) is 35.1 Å². The molecule has 1 saturated heterocycles. The molecule has 7 heteroatoms. The summed E-state index contributed by atoms with van der Waals surface area (Å²) in [6, 6.07) is 10.8. The first kappa shape index (κ1) is 20.5. The molecule has 0 atom stereocenters. The number of benzene rings is 2. The minimum atomic E-state index is -0.164. The van der Waals surface area contributed by atoms with Gasteiger partial charge in [-0.1, -0.05) is 41.4 Å². The van der Waals surface area contributed by atoms with Crippen molar-refractivity contribution in [3.8, 4) is 5.75 Å². The maximum absolute atomic E-state index is 12.7. The number of halogens is 2. The molecule has 2 aromatic carbocycles. The van der Waals surface area contributed by atoms with E-state index in [4.69, 9.17) is 27.9 Å². The molecule has 5 nitrogen and oxygen atoms in total. The molecule has 1 heterocycles. The lowest BCUT2D eigenvalue weighted by molar-refractivity contribution is -0.131. The van der Waals surface area contributed by atoms with Gasteiger partial charge in [-0.05, 0) is 36.2 Å². The van der Waals surface area contributed by atoms with Crippen LogP contribution in [0.4, 0.5) is 0 Å². The summed E-state index contributed by atoms with van der Waals surface area (Å²) < 4.78 is 5.32. The Labute approximate surface area is 174 Å². The number of hydrogen-bond acceptors (Lipinski definition) is 3. The summed E-state index contributed by atoms with van der Waals surface area (Å²) in [7, 11) is 1.62. The highest BCUT2D eigenvalue weighted by Gasteiger charge is 2.26. The van der Waals surface area contributed by atoms with Gasteiger partial charge in [0.1, 0.15) is 5.75 Å². The Kier molecular flexibility index (Phi) is 6.47. The topological polar surface area (TPSA) is 49.9 Å². The molecular formula is C21H22Cl2N2O3. The predicted molar refractivity (Wildman–Crippen MR) is 110 cm³/mol. The van der Waals surface area contributed by atoms with Crippen LogP contribution in [0.15, 0.2) is 36.4 Å². The van der Waals surface area contributed by atoms with E-state index in [1.165, 1.54) is 0 Å². The lowest BCUT2D eigenvalue weighted by Gasteiger charge is -2.35. The average Bonchev–Trinajstić information content (AvgIpc) is 2.71. The van der Waals surface area contributed by atoms with Crippen molar-refractivity contribution < 1.29 is 14.3 Å². The van der Waals surface area contributed by atoms with E-state index in [0.29, 0.717) is 43.2 Å². The van der Waals surface area contributed by atoms with Crippen LogP contribution in [0.3, 0.4) is 0 Å². The Bertz CT molecular complexity index is 893. The van der Waals surface area contributed by atoms with E-state index in [2.05, 4.69) is 0 Å². The number of carbonyl (C=O) groups is 2. The van der Waals surface area contributed by atoms with Crippen LogP contribution in [-0.4, -0.2) is 54.9 Å². The second kappa shape index (κ2) is 8.84. The van der Waals surface area contributed by atoms with Crippen molar-refractivity contribution in [2.75, 3.05) is 33.3 Å². The number of ether oxygens (including phenoxy) is 1. The van der Waals surface area contributed by atoms with E-state index >= 15 is 0 Å². The van der Waals surface area contributed by atoms with Gasteiger partial charge in [0.15, 0.2) is 0 Å². The molecule has 0 saturated carbocycles. The zero-order valence-electron chi connectivity index (χ0n) is 15.9. The Morgan fingerprint density at radius 1 is 1.04 bits per heavy atom. The molecule has 0 N–H and O–H groups in total. The van der Waals surface area contributed by atoms with Crippen LogP contribution >= 0.6 is 23.2 Å². The number of nitrogens with zero attached hydrogens (tertiary/aromatic N) is 2. The van der Waals surface area contributed by atoms with Crippen molar-refractivity contribution >= 4 is 35.0 Å². The van der Waals surface area contributed by atoms with Gasteiger partial charge >= 0.3 is 0 Å². The number of carbonyl (C=O) groups excluding carboxylic acids is 2. The highest BCUT2D eigenvalue weighted by molar-refractivity contribution is 6.43. The molecule has 0 radical (unpaired) electrons. The van der Waals surface area contributed by atoms with Gasteiger partial charge in [0.05, 0.1) is 29.1 Å². The fraction of sp³-hybridized carbons (Fsp3) is 0.333. The van der Waals surface area contributed by atoms with E-state index < -0.39 is 0 Å². The second-order valence-corrected chi connectivity index (χ2v) is 7.54. The fourth-order valence-electron chi connectivity index (χ4n) is 3.26. The monoisotopic (exact) mass is 420 g/mol. The Morgan fingerprint density at radius 2 is 1.71 bits per heavy atom. The summed E-state index contributed by atoms with van der Waals surface area (Å²) in [5.74, 6) is 0.653. The predicted octanol–water partition coefficient (Wildman–Crippen LogP) is 3.84. The van der Waals surface area contributed by atoms with Gasteiger partial charge in [-0.2, -0.15) is 0 Å². The van der Waals surface area contributed by atoms with Crippen LogP contribution in [0.2, 0.25) is 10.0 Å². The van der Waals surface area contributed by atoms with Crippen LogP contribution < -0.4 is 4.74 Å². The van der Waals surface area contributed by atoms with Gasteiger partial charge in [0.25, 0.3) is 5.91 Å². The van der Waals surface area contributed by atoms with Crippen molar-refractivity contribution in [2.24, 2.45) is 0 Å². The van der Waals surface area contributed by atoms with Gasteiger partial charge in [0, 0.05) is 26.2 Å². The molecule has 0 bridgehead atoms. The maximum atomic E-state index is 12.7. The first-order valence-corrected chi connectivity index (χ1v) is 9.81. The number of hydrogen-bond donors (Lipinski definition) is 0. The quantitative estimate of drug-likeness (QED) is 0.754. The largest absolute Gasteiger partial charge is 0.496 e. The molecule has 2 amide bonds. The number of piperazine rings is 1. The molecule has 0 aromatic heterocycles. The van der Waals surface area contributed by atoms with Crippen molar-refractivity contribution in [2.45, 2.75) is 13.3 Å². The molecule has 1 aliphatic heterocycles. The molecule has 0 unspecified atom stereocenters. The molecule has 2 aromatic rings.